The van der Waals surface area contributed by atoms with Crippen LogP contribution < -0.4 is 10.9 Å². The molecule has 0 spiro atoms. The van der Waals surface area contributed by atoms with Crippen molar-refractivity contribution in [2.45, 2.75) is 76.8 Å². The first-order chi connectivity index (χ1) is 14.5. The number of aromatic nitrogens is 3. The van der Waals surface area contributed by atoms with Gasteiger partial charge in [-0.1, -0.05) is 6.42 Å². The maximum atomic E-state index is 13.1. The summed E-state index contributed by atoms with van der Waals surface area (Å²) in [6, 6.07) is 2.20. The Balaban J connectivity index is 1.38. The normalized spacial score (nSPS) is 21.8. The lowest BCUT2D eigenvalue weighted by molar-refractivity contribution is -0.139. The van der Waals surface area contributed by atoms with E-state index in [1.165, 1.54) is 4.52 Å². The van der Waals surface area contributed by atoms with Crippen molar-refractivity contribution in [3.05, 3.63) is 33.4 Å². The molecule has 1 aliphatic heterocycles. The molecule has 1 unspecified atom stereocenters. The Hall–Kier alpha value is -2.64. The average Bonchev–Trinajstić information content (AvgIpc) is 3.16. The van der Waals surface area contributed by atoms with Crippen molar-refractivity contribution in [3.63, 3.8) is 0 Å². The number of nitrogens with zero attached hydrogens (tertiary/aromatic N) is 3. The van der Waals surface area contributed by atoms with Crippen LogP contribution in [0, 0.1) is 12.8 Å². The number of fused-ring (bicyclic) bond motifs is 1. The molecule has 1 atom stereocenters. The van der Waals surface area contributed by atoms with Gasteiger partial charge < -0.3 is 10.2 Å². The quantitative estimate of drug-likeness (QED) is 0.759. The molecule has 3 fully saturated rings. The van der Waals surface area contributed by atoms with Crippen molar-refractivity contribution in [1.82, 2.24) is 24.8 Å². The van der Waals surface area contributed by atoms with Gasteiger partial charge in [-0.3, -0.25) is 19.5 Å². The minimum atomic E-state index is -0.155. The van der Waals surface area contributed by atoms with Gasteiger partial charge in [-0.05, 0) is 51.9 Å². The van der Waals surface area contributed by atoms with Crippen molar-refractivity contribution >= 4 is 17.5 Å². The Morgan fingerprint density at radius 1 is 1.20 bits per heavy atom. The summed E-state index contributed by atoms with van der Waals surface area (Å²) in [4.78, 5) is 44.5. The van der Waals surface area contributed by atoms with E-state index in [9.17, 15) is 14.4 Å². The van der Waals surface area contributed by atoms with Crippen LogP contribution in [-0.4, -0.2) is 43.9 Å². The van der Waals surface area contributed by atoms with Crippen LogP contribution in [0.3, 0.4) is 0 Å². The number of rotatable bonds is 6. The molecule has 0 radical (unpaired) electrons. The minimum absolute atomic E-state index is 0.00956. The summed E-state index contributed by atoms with van der Waals surface area (Å²) in [5, 5.41) is 6.17. The number of nitrogens with one attached hydrogen (secondary N) is 2. The highest BCUT2D eigenvalue weighted by Gasteiger charge is 2.37. The number of carbonyl (C=O) groups is 2. The van der Waals surface area contributed by atoms with Crippen LogP contribution in [0.2, 0.25) is 0 Å². The molecule has 2 N–H and O–H groups in total. The Morgan fingerprint density at radius 2 is 2.00 bits per heavy atom. The molecule has 5 rings (SSSR count). The Morgan fingerprint density at radius 3 is 2.70 bits per heavy atom. The number of aryl methyl sites for hydroxylation is 1. The third kappa shape index (κ3) is 3.52. The first-order valence-electron chi connectivity index (χ1n) is 11.2. The molecule has 0 bridgehead atoms. The van der Waals surface area contributed by atoms with Crippen LogP contribution in [0.4, 0.5) is 0 Å². The second kappa shape index (κ2) is 7.56. The zero-order valence-corrected chi connectivity index (χ0v) is 17.4. The molecule has 30 heavy (non-hydrogen) atoms. The van der Waals surface area contributed by atoms with E-state index in [1.54, 1.807) is 0 Å². The fourth-order valence-electron chi connectivity index (χ4n) is 4.66. The summed E-state index contributed by atoms with van der Waals surface area (Å²) >= 11 is 0. The van der Waals surface area contributed by atoms with E-state index in [-0.39, 0.29) is 29.3 Å². The number of carbonyl (C=O) groups excluding carboxylic acids is 2. The lowest BCUT2D eigenvalue weighted by Gasteiger charge is -2.32. The predicted octanol–water partition coefficient (Wildman–Crippen LogP) is 2.01. The molecular weight excluding hydrogens is 382 g/mol. The van der Waals surface area contributed by atoms with Crippen molar-refractivity contribution in [2.75, 3.05) is 6.54 Å². The summed E-state index contributed by atoms with van der Waals surface area (Å²) in [5.41, 5.74) is 2.52. The van der Waals surface area contributed by atoms with Crippen molar-refractivity contribution in [3.8, 4) is 0 Å². The van der Waals surface area contributed by atoms with Gasteiger partial charge in [-0.15, -0.1) is 0 Å². The second-order valence-electron chi connectivity index (χ2n) is 9.05. The number of hydrogen-bond donors (Lipinski definition) is 2. The highest BCUT2D eigenvalue weighted by atomic mass is 16.2. The van der Waals surface area contributed by atoms with Crippen molar-refractivity contribution in [1.29, 1.82) is 0 Å². The summed E-state index contributed by atoms with van der Waals surface area (Å²) in [5.74, 6) is 0.414. The Bertz CT molecular complexity index is 1050. The van der Waals surface area contributed by atoms with Gasteiger partial charge in [0.25, 0.3) is 5.56 Å². The molecule has 2 aliphatic carbocycles. The summed E-state index contributed by atoms with van der Waals surface area (Å²) < 4.78 is 1.47. The van der Waals surface area contributed by atoms with Crippen LogP contribution in [0.5, 0.6) is 0 Å². The van der Waals surface area contributed by atoms with E-state index in [0.717, 1.165) is 57.2 Å². The Kier molecular flexibility index (Phi) is 4.87. The molecule has 8 nitrogen and oxygen atoms in total. The first-order valence-corrected chi connectivity index (χ1v) is 11.2. The number of amides is 2. The van der Waals surface area contributed by atoms with Crippen LogP contribution >= 0.6 is 0 Å². The minimum Gasteiger partial charge on any atom is -0.353 e. The van der Waals surface area contributed by atoms with E-state index in [2.05, 4.69) is 15.4 Å². The monoisotopic (exact) mass is 411 g/mol. The summed E-state index contributed by atoms with van der Waals surface area (Å²) in [7, 11) is 0. The van der Waals surface area contributed by atoms with Crippen LogP contribution in [0.1, 0.15) is 74.4 Å². The fraction of sp³-hybridized carbons (Fsp3) is 0.636. The largest absolute Gasteiger partial charge is 0.353 e. The molecule has 3 aliphatic rings. The molecule has 3 heterocycles. The molecular formula is C22H29N5O3. The van der Waals surface area contributed by atoms with Crippen molar-refractivity contribution in [2.24, 2.45) is 5.92 Å². The zero-order chi connectivity index (χ0) is 20.8. The molecule has 0 aromatic carbocycles. The van der Waals surface area contributed by atoms with Gasteiger partial charge >= 0.3 is 0 Å². The molecule has 2 aromatic heterocycles. The van der Waals surface area contributed by atoms with Gasteiger partial charge in [0.15, 0.2) is 5.65 Å². The smallest absolute Gasteiger partial charge is 0.276 e. The molecule has 8 heteroatoms. The van der Waals surface area contributed by atoms with Gasteiger partial charge in [0.2, 0.25) is 11.8 Å². The first kappa shape index (κ1) is 19.3. The highest BCUT2D eigenvalue weighted by molar-refractivity contribution is 5.80. The fourth-order valence-corrected chi connectivity index (χ4v) is 4.66. The highest BCUT2D eigenvalue weighted by Crippen LogP contribution is 2.36. The lowest BCUT2D eigenvalue weighted by atomic mass is 9.84. The second-order valence-corrected chi connectivity index (χ2v) is 9.05. The summed E-state index contributed by atoms with van der Waals surface area (Å²) in [6.45, 7) is 2.60. The van der Waals surface area contributed by atoms with E-state index in [0.29, 0.717) is 35.8 Å². The standard InChI is InChI=1S/C22H29N5O3/c1-13-16(9-10-20(28)24-15-7-8-15)22(30)27-19(23-13)12-17(25-27)18-6-3-11-26(18)21(29)14-4-2-5-14/h12,14-15,18,25H,2-11H2,1H3,(H,24,28). The van der Waals surface area contributed by atoms with E-state index < -0.39 is 0 Å². The van der Waals surface area contributed by atoms with Gasteiger partial charge in [-0.2, -0.15) is 0 Å². The van der Waals surface area contributed by atoms with Gasteiger partial charge in [0, 0.05) is 42.2 Å². The summed E-state index contributed by atoms with van der Waals surface area (Å²) in [6.07, 6.45) is 7.76. The Labute approximate surface area is 175 Å². The molecule has 2 amide bonds. The van der Waals surface area contributed by atoms with Crippen molar-refractivity contribution < 1.29 is 9.59 Å². The molecule has 2 saturated carbocycles. The van der Waals surface area contributed by atoms with Crippen LogP contribution in [0.15, 0.2) is 10.9 Å². The topological polar surface area (TPSA) is 99.6 Å². The predicted molar refractivity (Wildman–Crippen MR) is 111 cm³/mol. The third-order valence-electron chi connectivity index (χ3n) is 6.83. The number of aromatic amines is 1. The van der Waals surface area contributed by atoms with E-state index in [4.69, 9.17) is 0 Å². The number of hydrogen-bond acceptors (Lipinski definition) is 4. The van der Waals surface area contributed by atoms with Gasteiger partial charge in [0.05, 0.1) is 11.7 Å². The maximum absolute atomic E-state index is 13.1. The maximum Gasteiger partial charge on any atom is 0.276 e. The van der Waals surface area contributed by atoms with Gasteiger partial charge in [-0.25, -0.2) is 9.50 Å². The SMILES string of the molecule is Cc1nc2cc(C3CCCN3C(=O)C3CCC3)[nH]n2c(=O)c1CCC(=O)NC1CC1. The molecule has 160 valence electrons. The van der Waals surface area contributed by atoms with Crippen LogP contribution in [-0.2, 0) is 16.0 Å². The average molecular weight is 412 g/mol. The third-order valence-corrected chi connectivity index (χ3v) is 6.83. The van der Waals surface area contributed by atoms with Crippen LogP contribution in [0.25, 0.3) is 5.65 Å². The lowest BCUT2D eigenvalue weighted by Crippen LogP contribution is -2.38. The number of H-pyrrole nitrogens is 1. The van der Waals surface area contributed by atoms with Gasteiger partial charge in [0.1, 0.15) is 0 Å². The number of likely N-dealkylation sites (tertiary alicyclic amines) is 1. The molecule has 2 aromatic rings. The van der Waals surface area contributed by atoms with E-state index >= 15 is 0 Å². The van der Waals surface area contributed by atoms with E-state index in [1.807, 2.05) is 17.9 Å². The molecule has 1 saturated heterocycles. The zero-order valence-electron chi connectivity index (χ0n) is 17.4.